The molecule has 0 unspecified atom stereocenters. The Balaban J connectivity index is 1.51. The first kappa shape index (κ1) is 11.3. The van der Waals surface area contributed by atoms with E-state index in [0.29, 0.717) is 28.8 Å². The van der Waals surface area contributed by atoms with Gasteiger partial charge in [-0.15, -0.1) is 0 Å². The number of ether oxygens (including phenoxy) is 2. The average molecular weight is 271 g/mol. The molecule has 1 aliphatic heterocycles. The molecule has 1 aliphatic carbocycles. The normalized spacial score (nSPS) is 16.2. The first-order valence-electron chi connectivity index (χ1n) is 6.56. The van der Waals surface area contributed by atoms with Gasteiger partial charge in [0.1, 0.15) is 5.82 Å². The van der Waals surface area contributed by atoms with Crippen molar-refractivity contribution in [2.75, 3.05) is 12.1 Å². The number of H-pyrrole nitrogens is 1. The van der Waals surface area contributed by atoms with Gasteiger partial charge in [-0.3, -0.25) is 9.89 Å². The molecule has 0 radical (unpaired) electrons. The van der Waals surface area contributed by atoms with Crippen LogP contribution in [0, 0.1) is 0 Å². The van der Waals surface area contributed by atoms with E-state index in [-0.39, 0.29) is 12.7 Å². The van der Waals surface area contributed by atoms with Crippen LogP contribution in [0.25, 0.3) is 0 Å². The minimum absolute atomic E-state index is 0.200. The smallest absolute Gasteiger partial charge is 0.256 e. The molecule has 0 bridgehead atoms. The number of carbonyl (C=O) groups is 1. The number of fused-ring (bicyclic) bond motifs is 1. The van der Waals surface area contributed by atoms with E-state index in [0.717, 1.165) is 5.69 Å². The molecule has 2 heterocycles. The van der Waals surface area contributed by atoms with Crippen LogP contribution in [-0.4, -0.2) is 22.9 Å². The number of nitrogens with zero attached hydrogens (tertiary/aromatic N) is 1. The van der Waals surface area contributed by atoms with Crippen LogP contribution >= 0.6 is 0 Å². The zero-order chi connectivity index (χ0) is 13.5. The lowest BCUT2D eigenvalue weighted by Gasteiger charge is -2.03. The van der Waals surface area contributed by atoms with E-state index in [1.165, 1.54) is 12.8 Å². The number of nitrogens with one attached hydrogen (secondary N) is 2. The maximum atomic E-state index is 12.2. The molecular weight excluding hydrogens is 258 g/mol. The molecule has 4 rings (SSSR count). The van der Waals surface area contributed by atoms with E-state index in [9.17, 15) is 4.79 Å². The number of aromatic nitrogens is 2. The molecule has 102 valence electrons. The maximum Gasteiger partial charge on any atom is 0.256 e. The molecule has 1 fully saturated rings. The van der Waals surface area contributed by atoms with Crippen molar-refractivity contribution >= 4 is 11.7 Å². The fourth-order valence-corrected chi connectivity index (χ4v) is 2.22. The number of benzene rings is 1. The minimum Gasteiger partial charge on any atom is -0.454 e. The third-order valence-electron chi connectivity index (χ3n) is 3.48. The van der Waals surface area contributed by atoms with Gasteiger partial charge in [0.25, 0.3) is 5.91 Å². The summed E-state index contributed by atoms with van der Waals surface area (Å²) in [6.07, 6.45) is 2.36. The Labute approximate surface area is 115 Å². The predicted molar refractivity (Wildman–Crippen MR) is 71.1 cm³/mol. The summed E-state index contributed by atoms with van der Waals surface area (Å²) < 4.78 is 10.5. The summed E-state index contributed by atoms with van der Waals surface area (Å²) in [5.41, 5.74) is 1.54. The number of rotatable bonds is 3. The predicted octanol–water partition coefficient (Wildman–Crippen LogP) is 2.27. The van der Waals surface area contributed by atoms with Crippen LogP contribution in [0.2, 0.25) is 0 Å². The fraction of sp³-hybridized carbons (Fsp3) is 0.286. The van der Waals surface area contributed by atoms with Crippen LogP contribution in [0.3, 0.4) is 0 Å². The second-order valence-corrected chi connectivity index (χ2v) is 5.00. The number of hydrogen-bond donors (Lipinski definition) is 2. The SMILES string of the molecule is O=C(Nc1cc(C2CC2)n[nH]1)c1ccc2c(c1)OCO2. The minimum atomic E-state index is -0.200. The van der Waals surface area contributed by atoms with E-state index in [1.54, 1.807) is 18.2 Å². The number of aromatic amines is 1. The topological polar surface area (TPSA) is 76.2 Å². The first-order chi connectivity index (χ1) is 9.79. The number of amides is 1. The van der Waals surface area contributed by atoms with Gasteiger partial charge in [-0.2, -0.15) is 5.10 Å². The number of carbonyl (C=O) groups excluding carboxylic acids is 1. The summed E-state index contributed by atoms with van der Waals surface area (Å²) in [7, 11) is 0. The van der Waals surface area contributed by atoms with Crippen LogP contribution < -0.4 is 14.8 Å². The molecule has 1 saturated carbocycles. The lowest BCUT2D eigenvalue weighted by atomic mass is 10.2. The van der Waals surface area contributed by atoms with Gasteiger partial charge in [-0.05, 0) is 31.0 Å². The Morgan fingerprint density at radius 3 is 2.95 bits per heavy atom. The number of hydrogen-bond acceptors (Lipinski definition) is 4. The van der Waals surface area contributed by atoms with Gasteiger partial charge in [0, 0.05) is 17.5 Å². The molecule has 2 N–H and O–H groups in total. The number of anilines is 1. The standard InChI is InChI=1S/C14H13N3O3/c18-14(9-3-4-11-12(5-9)20-7-19-11)15-13-6-10(16-17-13)8-1-2-8/h3-6,8H,1-2,7H2,(H2,15,16,17,18). The summed E-state index contributed by atoms with van der Waals surface area (Å²) in [6, 6.07) is 7.01. The summed E-state index contributed by atoms with van der Waals surface area (Å²) in [5.74, 6) is 2.24. The highest BCUT2D eigenvalue weighted by Gasteiger charge is 2.26. The van der Waals surface area contributed by atoms with Crippen LogP contribution in [0.5, 0.6) is 11.5 Å². The van der Waals surface area contributed by atoms with Crippen LogP contribution in [0.4, 0.5) is 5.82 Å². The van der Waals surface area contributed by atoms with Crippen molar-refractivity contribution in [3.05, 3.63) is 35.5 Å². The van der Waals surface area contributed by atoms with Crippen molar-refractivity contribution < 1.29 is 14.3 Å². The zero-order valence-corrected chi connectivity index (χ0v) is 10.7. The second-order valence-electron chi connectivity index (χ2n) is 5.00. The van der Waals surface area contributed by atoms with Gasteiger partial charge in [-0.25, -0.2) is 0 Å². The van der Waals surface area contributed by atoms with Gasteiger partial charge < -0.3 is 14.8 Å². The van der Waals surface area contributed by atoms with Crippen molar-refractivity contribution in [1.29, 1.82) is 0 Å². The van der Waals surface area contributed by atoms with Crippen molar-refractivity contribution in [1.82, 2.24) is 10.2 Å². The highest BCUT2D eigenvalue weighted by Crippen LogP contribution is 2.39. The zero-order valence-electron chi connectivity index (χ0n) is 10.7. The van der Waals surface area contributed by atoms with Gasteiger partial charge >= 0.3 is 0 Å². The highest BCUT2D eigenvalue weighted by atomic mass is 16.7. The molecule has 1 aromatic carbocycles. The third kappa shape index (κ3) is 1.99. The molecule has 20 heavy (non-hydrogen) atoms. The second kappa shape index (κ2) is 4.26. The van der Waals surface area contributed by atoms with Crippen molar-refractivity contribution in [2.45, 2.75) is 18.8 Å². The van der Waals surface area contributed by atoms with E-state index in [4.69, 9.17) is 9.47 Å². The largest absolute Gasteiger partial charge is 0.454 e. The lowest BCUT2D eigenvalue weighted by molar-refractivity contribution is 0.102. The summed E-state index contributed by atoms with van der Waals surface area (Å²) in [4.78, 5) is 12.2. The van der Waals surface area contributed by atoms with Crippen molar-refractivity contribution in [3.8, 4) is 11.5 Å². The van der Waals surface area contributed by atoms with Crippen LogP contribution in [0.15, 0.2) is 24.3 Å². The molecule has 6 heteroatoms. The molecule has 2 aliphatic rings. The molecule has 6 nitrogen and oxygen atoms in total. The van der Waals surface area contributed by atoms with Gasteiger partial charge in [0.05, 0.1) is 5.69 Å². The Bertz CT molecular complexity index is 676. The van der Waals surface area contributed by atoms with E-state index < -0.39 is 0 Å². The molecule has 0 spiro atoms. The average Bonchev–Trinajstić information content (AvgIpc) is 3.02. The quantitative estimate of drug-likeness (QED) is 0.897. The molecule has 0 atom stereocenters. The van der Waals surface area contributed by atoms with E-state index >= 15 is 0 Å². The van der Waals surface area contributed by atoms with E-state index in [1.807, 2.05) is 6.07 Å². The first-order valence-corrected chi connectivity index (χ1v) is 6.56. The molecule has 0 saturated heterocycles. The van der Waals surface area contributed by atoms with E-state index in [2.05, 4.69) is 15.5 Å². The van der Waals surface area contributed by atoms with Crippen molar-refractivity contribution in [3.63, 3.8) is 0 Å². The summed E-state index contributed by atoms with van der Waals surface area (Å²) in [6.45, 7) is 0.200. The fourth-order valence-electron chi connectivity index (χ4n) is 2.22. The van der Waals surface area contributed by atoms with Crippen LogP contribution in [0.1, 0.15) is 34.8 Å². The Kier molecular flexibility index (Phi) is 2.42. The molecular formula is C14H13N3O3. The van der Waals surface area contributed by atoms with Gasteiger partial charge in [0.15, 0.2) is 11.5 Å². The molecule has 1 aromatic heterocycles. The Hall–Kier alpha value is -2.50. The Morgan fingerprint density at radius 1 is 1.25 bits per heavy atom. The highest BCUT2D eigenvalue weighted by molar-refractivity contribution is 6.04. The lowest BCUT2D eigenvalue weighted by Crippen LogP contribution is -2.12. The summed E-state index contributed by atoms with van der Waals surface area (Å²) in [5, 5.41) is 9.84. The monoisotopic (exact) mass is 271 g/mol. The van der Waals surface area contributed by atoms with Crippen molar-refractivity contribution in [2.24, 2.45) is 0 Å². The maximum absolute atomic E-state index is 12.2. The molecule has 2 aromatic rings. The van der Waals surface area contributed by atoms with Gasteiger partial charge in [0.2, 0.25) is 6.79 Å². The van der Waals surface area contributed by atoms with Gasteiger partial charge in [-0.1, -0.05) is 0 Å². The van der Waals surface area contributed by atoms with Crippen LogP contribution in [-0.2, 0) is 0 Å². The Morgan fingerprint density at radius 2 is 2.10 bits per heavy atom. The summed E-state index contributed by atoms with van der Waals surface area (Å²) >= 11 is 0. The molecule has 1 amide bonds. The third-order valence-corrected chi connectivity index (χ3v) is 3.48.